The first-order valence-electron chi connectivity index (χ1n) is 2.83. The van der Waals surface area contributed by atoms with Gasteiger partial charge in [0.2, 0.25) is 0 Å². The lowest BCUT2D eigenvalue weighted by atomic mass is 10.3. The predicted octanol–water partition coefficient (Wildman–Crippen LogP) is -0.590. The molecule has 1 aliphatic rings. The van der Waals surface area contributed by atoms with Crippen LogP contribution in [0.1, 0.15) is 12.8 Å². The predicted molar refractivity (Wildman–Crippen MR) is 31.2 cm³/mol. The Morgan fingerprint density at radius 3 is 2.50 bits per heavy atom. The van der Waals surface area contributed by atoms with Crippen molar-refractivity contribution in [1.29, 1.82) is 0 Å². The molecule has 1 saturated carbocycles. The lowest BCUT2D eigenvalue weighted by Gasteiger charge is -2.05. The van der Waals surface area contributed by atoms with Crippen LogP contribution in [0.15, 0.2) is 0 Å². The molecule has 1 aliphatic carbocycles. The largest absolute Gasteiger partial charge is 0.365 e. The minimum atomic E-state index is -0.000625. The minimum absolute atomic E-state index is 0.000625. The first-order chi connectivity index (χ1) is 3.77. The molecule has 1 fully saturated rings. The van der Waals surface area contributed by atoms with E-state index in [1.54, 1.807) is 0 Å². The molecule has 1 rings (SSSR count). The Bertz CT molecular complexity index is 80.5. The van der Waals surface area contributed by atoms with Gasteiger partial charge in [0.05, 0.1) is 13.3 Å². The van der Waals surface area contributed by atoms with E-state index in [4.69, 9.17) is 16.2 Å². The van der Waals surface area contributed by atoms with Gasteiger partial charge in [0.25, 0.3) is 0 Å². The Balaban J connectivity index is 2.01. The van der Waals surface area contributed by atoms with Gasteiger partial charge >= 0.3 is 0 Å². The smallest absolute Gasteiger partial charge is 0.0941 e. The van der Waals surface area contributed by atoms with Crippen molar-refractivity contribution in [1.82, 2.24) is 0 Å². The van der Waals surface area contributed by atoms with Crippen LogP contribution in [0.4, 0.5) is 0 Å². The highest BCUT2D eigenvalue weighted by Crippen LogP contribution is 2.31. The van der Waals surface area contributed by atoms with Crippen molar-refractivity contribution in [3.05, 3.63) is 0 Å². The van der Waals surface area contributed by atoms with Crippen LogP contribution in [0, 0.1) is 0 Å². The van der Waals surface area contributed by atoms with Gasteiger partial charge in [0.1, 0.15) is 0 Å². The van der Waals surface area contributed by atoms with Gasteiger partial charge in [-0.25, -0.2) is 0 Å². The standard InChI is InChI=1S/C5H12N2O/c6-4-8-3-5(7)1-2-5/h1-4,6-7H2. The average molecular weight is 116 g/mol. The van der Waals surface area contributed by atoms with Gasteiger partial charge in [-0.2, -0.15) is 0 Å². The first kappa shape index (κ1) is 6.01. The topological polar surface area (TPSA) is 61.3 Å². The van der Waals surface area contributed by atoms with E-state index >= 15 is 0 Å². The van der Waals surface area contributed by atoms with E-state index in [1.807, 2.05) is 0 Å². The van der Waals surface area contributed by atoms with E-state index in [0.717, 1.165) is 12.8 Å². The summed E-state index contributed by atoms with van der Waals surface area (Å²) >= 11 is 0. The van der Waals surface area contributed by atoms with Crippen LogP contribution in [0.25, 0.3) is 0 Å². The Labute approximate surface area is 49.0 Å². The van der Waals surface area contributed by atoms with E-state index in [-0.39, 0.29) is 5.54 Å². The summed E-state index contributed by atoms with van der Waals surface area (Å²) in [5.41, 5.74) is 10.7. The summed E-state index contributed by atoms with van der Waals surface area (Å²) in [5.74, 6) is 0. The molecule has 0 aromatic rings. The van der Waals surface area contributed by atoms with Crippen molar-refractivity contribution in [2.75, 3.05) is 13.3 Å². The third-order valence-corrected chi connectivity index (χ3v) is 1.40. The molecule has 0 aliphatic heterocycles. The third kappa shape index (κ3) is 1.43. The summed E-state index contributed by atoms with van der Waals surface area (Å²) < 4.78 is 4.91. The van der Waals surface area contributed by atoms with Gasteiger partial charge in [-0.3, -0.25) is 0 Å². The first-order valence-corrected chi connectivity index (χ1v) is 2.83. The van der Waals surface area contributed by atoms with Gasteiger partial charge in [0.15, 0.2) is 0 Å². The number of hydrogen-bond donors (Lipinski definition) is 2. The fourth-order valence-corrected chi connectivity index (χ4v) is 0.567. The van der Waals surface area contributed by atoms with Gasteiger partial charge in [-0.15, -0.1) is 0 Å². The number of nitrogens with two attached hydrogens (primary N) is 2. The van der Waals surface area contributed by atoms with Crippen molar-refractivity contribution in [3.8, 4) is 0 Å². The average Bonchev–Trinajstić information content (AvgIpc) is 2.45. The maximum absolute atomic E-state index is 5.65. The Morgan fingerprint density at radius 2 is 2.12 bits per heavy atom. The van der Waals surface area contributed by atoms with Crippen LogP contribution in [-0.4, -0.2) is 18.9 Å². The number of ether oxygens (including phenoxy) is 1. The molecule has 0 aromatic carbocycles. The van der Waals surface area contributed by atoms with Gasteiger partial charge in [0, 0.05) is 5.54 Å². The molecular formula is C5H12N2O. The van der Waals surface area contributed by atoms with Crippen molar-refractivity contribution in [3.63, 3.8) is 0 Å². The highest BCUT2D eigenvalue weighted by molar-refractivity contribution is 4.98. The Morgan fingerprint density at radius 1 is 1.50 bits per heavy atom. The lowest BCUT2D eigenvalue weighted by Crippen LogP contribution is -2.29. The van der Waals surface area contributed by atoms with Gasteiger partial charge in [-0.1, -0.05) is 0 Å². The molecule has 0 bridgehead atoms. The zero-order valence-corrected chi connectivity index (χ0v) is 4.89. The Kier molecular flexibility index (Phi) is 1.51. The maximum atomic E-state index is 5.65. The zero-order chi connectivity index (χ0) is 6.04. The monoisotopic (exact) mass is 116 g/mol. The highest BCUT2D eigenvalue weighted by atomic mass is 16.5. The SMILES string of the molecule is NCOCC1(N)CC1. The van der Waals surface area contributed by atoms with Crippen LogP contribution in [-0.2, 0) is 4.74 Å². The lowest BCUT2D eigenvalue weighted by molar-refractivity contribution is 0.121. The van der Waals surface area contributed by atoms with Gasteiger partial charge in [-0.05, 0) is 12.8 Å². The fraction of sp³-hybridized carbons (Fsp3) is 1.00. The molecule has 0 amide bonds. The fourth-order valence-electron chi connectivity index (χ4n) is 0.567. The van der Waals surface area contributed by atoms with E-state index in [1.165, 1.54) is 0 Å². The van der Waals surface area contributed by atoms with Crippen LogP contribution < -0.4 is 11.5 Å². The molecule has 8 heavy (non-hydrogen) atoms. The summed E-state index contributed by atoms with van der Waals surface area (Å²) in [4.78, 5) is 0. The van der Waals surface area contributed by atoms with E-state index in [9.17, 15) is 0 Å². The Hall–Kier alpha value is -0.120. The second kappa shape index (κ2) is 2.01. The van der Waals surface area contributed by atoms with Crippen molar-refractivity contribution >= 4 is 0 Å². The number of rotatable bonds is 3. The molecule has 0 saturated heterocycles. The summed E-state index contributed by atoms with van der Waals surface area (Å²) in [6.45, 7) is 0.919. The van der Waals surface area contributed by atoms with Gasteiger partial charge < -0.3 is 16.2 Å². The molecular weight excluding hydrogens is 104 g/mol. The van der Waals surface area contributed by atoms with Crippen LogP contribution in [0.3, 0.4) is 0 Å². The van der Waals surface area contributed by atoms with Crippen LogP contribution >= 0.6 is 0 Å². The summed E-state index contributed by atoms with van der Waals surface area (Å²) in [6.07, 6.45) is 2.18. The minimum Gasteiger partial charge on any atom is -0.365 e. The maximum Gasteiger partial charge on any atom is 0.0941 e. The quantitative estimate of drug-likeness (QED) is 0.484. The van der Waals surface area contributed by atoms with E-state index in [2.05, 4.69) is 0 Å². The summed E-state index contributed by atoms with van der Waals surface area (Å²) in [6, 6.07) is 0. The summed E-state index contributed by atoms with van der Waals surface area (Å²) in [5, 5.41) is 0. The van der Waals surface area contributed by atoms with Crippen molar-refractivity contribution in [2.24, 2.45) is 11.5 Å². The highest BCUT2D eigenvalue weighted by Gasteiger charge is 2.38. The molecule has 48 valence electrons. The molecule has 0 spiro atoms. The zero-order valence-electron chi connectivity index (χ0n) is 4.89. The molecule has 0 aromatic heterocycles. The molecule has 0 atom stereocenters. The molecule has 0 heterocycles. The van der Waals surface area contributed by atoms with Crippen LogP contribution in [0.2, 0.25) is 0 Å². The van der Waals surface area contributed by atoms with E-state index < -0.39 is 0 Å². The third-order valence-electron chi connectivity index (χ3n) is 1.40. The molecule has 3 nitrogen and oxygen atoms in total. The van der Waals surface area contributed by atoms with E-state index in [0.29, 0.717) is 13.3 Å². The molecule has 3 heteroatoms. The molecule has 0 unspecified atom stereocenters. The summed E-state index contributed by atoms with van der Waals surface area (Å²) in [7, 11) is 0. The van der Waals surface area contributed by atoms with Crippen molar-refractivity contribution < 1.29 is 4.74 Å². The number of hydrogen-bond acceptors (Lipinski definition) is 3. The van der Waals surface area contributed by atoms with Crippen LogP contribution in [0.5, 0.6) is 0 Å². The molecule has 0 radical (unpaired) electrons. The normalized spacial score (nSPS) is 23.2. The molecule has 4 N–H and O–H groups in total. The second-order valence-corrected chi connectivity index (χ2v) is 2.38. The van der Waals surface area contributed by atoms with Crippen molar-refractivity contribution in [2.45, 2.75) is 18.4 Å². The second-order valence-electron chi connectivity index (χ2n) is 2.38.